The molecule has 4 heteroatoms. The van der Waals surface area contributed by atoms with Crippen molar-refractivity contribution >= 4 is 39.5 Å². The van der Waals surface area contributed by atoms with E-state index in [1.165, 1.54) is 16.7 Å². The molecule has 2 heterocycles. The van der Waals surface area contributed by atoms with Crippen molar-refractivity contribution in [2.75, 3.05) is 5.73 Å². The van der Waals surface area contributed by atoms with Crippen LogP contribution >= 0.6 is 11.3 Å². The third-order valence-electron chi connectivity index (χ3n) is 2.56. The topological polar surface area (TPSA) is 54.7 Å². The molecule has 17 heavy (non-hydrogen) atoms. The number of nitrogens with zero attached hydrogens (tertiary/aromatic N) is 1. The minimum atomic E-state index is 0.603. The second-order valence-corrected chi connectivity index (χ2v) is 4.66. The molecule has 0 aliphatic heterocycles. The highest BCUT2D eigenvalue weighted by Gasteiger charge is 1.96. The fraction of sp³-hybridized carbons (Fsp3) is 0. The Bertz CT molecular complexity index is 679. The number of fused-ring (bicyclic) bond motifs is 1. The van der Waals surface area contributed by atoms with E-state index >= 15 is 0 Å². The maximum absolute atomic E-state index is 5.58. The number of thiazole rings is 1. The van der Waals surface area contributed by atoms with Crippen molar-refractivity contribution in [3.63, 3.8) is 0 Å². The van der Waals surface area contributed by atoms with Gasteiger partial charge in [-0.05, 0) is 35.2 Å². The zero-order valence-electron chi connectivity index (χ0n) is 9.05. The lowest BCUT2D eigenvalue weighted by molar-refractivity contribution is 1.39. The average Bonchev–Trinajstić information content (AvgIpc) is 2.94. The lowest BCUT2D eigenvalue weighted by atomic mass is 10.1. The zero-order chi connectivity index (χ0) is 11.7. The first kappa shape index (κ1) is 10.1. The van der Waals surface area contributed by atoms with Crippen molar-refractivity contribution in [1.82, 2.24) is 9.97 Å². The molecule has 0 saturated heterocycles. The molecule has 1 aromatic carbocycles. The van der Waals surface area contributed by atoms with Crippen molar-refractivity contribution in [3.8, 4) is 0 Å². The zero-order valence-corrected chi connectivity index (χ0v) is 9.87. The molecule has 0 aliphatic rings. The summed E-state index contributed by atoms with van der Waals surface area (Å²) in [5.74, 6) is 0. The number of aromatic amines is 1. The van der Waals surface area contributed by atoms with Crippen molar-refractivity contribution in [2.45, 2.75) is 0 Å². The number of nitrogens with two attached hydrogens (primary N) is 1. The maximum Gasteiger partial charge on any atom is 0.180 e. The molecule has 2 aromatic heterocycles. The summed E-state index contributed by atoms with van der Waals surface area (Å²) in [5.41, 5.74) is 8.79. The maximum atomic E-state index is 5.58. The van der Waals surface area contributed by atoms with E-state index in [0.717, 1.165) is 16.8 Å². The molecule has 84 valence electrons. The van der Waals surface area contributed by atoms with Crippen LogP contribution in [0.3, 0.4) is 0 Å². The van der Waals surface area contributed by atoms with Crippen LogP contribution < -0.4 is 5.73 Å². The smallest absolute Gasteiger partial charge is 0.180 e. The summed E-state index contributed by atoms with van der Waals surface area (Å²) in [6, 6.07) is 8.35. The van der Waals surface area contributed by atoms with Gasteiger partial charge in [-0.25, -0.2) is 4.98 Å². The molecule has 0 spiro atoms. The molecule has 0 unspecified atom stereocenters. The monoisotopic (exact) mass is 241 g/mol. The molecule has 0 atom stereocenters. The van der Waals surface area contributed by atoms with Crippen LogP contribution in [-0.2, 0) is 0 Å². The Morgan fingerprint density at radius 1 is 1.24 bits per heavy atom. The number of hydrogen-bond acceptors (Lipinski definition) is 3. The van der Waals surface area contributed by atoms with Crippen molar-refractivity contribution in [2.24, 2.45) is 0 Å². The predicted molar refractivity (Wildman–Crippen MR) is 73.8 cm³/mol. The molecule has 0 saturated carbocycles. The molecule has 0 aliphatic carbocycles. The Labute approximate surface area is 103 Å². The highest BCUT2D eigenvalue weighted by molar-refractivity contribution is 7.13. The van der Waals surface area contributed by atoms with Crippen LogP contribution in [0.5, 0.6) is 0 Å². The summed E-state index contributed by atoms with van der Waals surface area (Å²) in [5, 5.41) is 3.76. The molecule has 3 nitrogen and oxygen atoms in total. The van der Waals surface area contributed by atoms with E-state index in [2.05, 4.69) is 34.2 Å². The molecule has 3 N–H and O–H groups in total. The van der Waals surface area contributed by atoms with Gasteiger partial charge in [-0.1, -0.05) is 12.1 Å². The quantitative estimate of drug-likeness (QED) is 0.722. The average molecular weight is 241 g/mol. The van der Waals surface area contributed by atoms with E-state index in [-0.39, 0.29) is 0 Å². The molecular weight excluding hydrogens is 230 g/mol. The van der Waals surface area contributed by atoms with Crippen molar-refractivity contribution < 1.29 is 0 Å². The number of rotatable bonds is 2. The van der Waals surface area contributed by atoms with Gasteiger partial charge in [0.25, 0.3) is 0 Å². The van der Waals surface area contributed by atoms with Gasteiger partial charge in [-0.2, -0.15) is 0 Å². The number of benzene rings is 1. The number of nitrogen functional groups attached to an aromatic ring is 1. The summed E-state index contributed by atoms with van der Waals surface area (Å²) in [6.45, 7) is 0. The first-order valence-electron chi connectivity index (χ1n) is 5.27. The van der Waals surface area contributed by atoms with E-state index in [9.17, 15) is 0 Å². The molecule has 0 amide bonds. The standard InChI is InChI=1S/C13H11N3S/c14-13-16-11(8-17-13)3-1-9-2-4-12-10(7-9)5-6-15-12/h1-8,15H,(H2,14,16). The highest BCUT2D eigenvalue weighted by atomic mass is 32.1. The molecular formula is C13H11N3S. The second kappa shape index (κ2) is 4.07. The van der Waals surface area contributed by atoms with Gasteiger partial charge in [0.15, 0.2) is 5.13 Å². The highest BCUT2D eigenvalue weighted by Crippen LogP contribution is 2.17. The van der Waals surface area contributed by atoms with Gasteiger partial charge in [0.05, 0.1) is 5.69 Å². The largest absolute Gasteiger partial charge is 0.375 e. The summed E-state index contributed by atoms with van der Waals surface area (Å²) in [4.78, 5) is 7.35. The summed E-state index contributed by atoms with van der Waals surface area (Å²) >= 11 is 1.45. The van der Waals surface area contributed by atoms with Crippen LogP contribution in [0, 0.1) is 0 Å². The summed E-state index contributed by atoms with van der Waals surface area (Å²) in [6.07, 6.45) is 5.96. The van der Waals surface area contributed by atoms with Gasteiger partial charge in [0.1, 0.15) is 0 Å². The van der Waals surface area contributed by atoms with E-state index < -0.39 is 0 Å². The van der Waals surface area contributed by atoms with Crippen LogP contribution in [-0.4, -0.2) is 9.97 Å². The number of hydrogen-bond donors (Lipinski definition) is 2. The van der Waals surface area contributed by atoms with Crippen LogP contribution in [0.15, 0.2) is 35.8 Å². The number of H-pyrrole nitrogens is 1. The first-order valence-corrected chi connectivity index (χ1v) is 6.15. The summed E-state index contributed by atoms with van der Waals surface area (Å²) in [7, 11) is 0. The van der Waals surface area contributed by atoms with Gasteiger partial charge >= 0.3 is 0 Å². The van der Waals surface area contributed by atoms with E-state index in [4.69, 9.17) is 5.73 Å². The van der Waals surface area contributed by atoms with E-state index in [1.807, 2.05) is 23.7 Å². The Morgan fingerprint density at radius 2 is 2.18 bits per heavy atom. The van der Waals surface area contributed by atoms with Gasteiger partial charge in [-0.3, -0.25) is 0 Å². The lowest BCUT2D eigenvalue weighted by Gasteiger charge is -1.93. The Morgan fingerprint density at radius 3 is 3.00 bits per heavy atom. The predicted octanol–water partition coefficient (Wildman–Crippen LogP) is 3.38. The SMILES string of the molecule is Nc1nc(C=Cc2ccc3[nH]ccc3c2)cs1. The van der Waals surface area contributed by atoms with E-state index in [1.54, 1.807) is 0 Å². The fourth-order valence-electron chi connectivity index (χ4n) is 1.73. The van der Waals surface area contributed by atoms with E-state index in [0.29, 0.717) is 5.13 Å². The minimum Gasteiger partial charge on any atom is -0.375 e. The summed E-state index contributed by atoms with van der Waals surface area (Å²) < 4.78 is 0. The third kappa shape index (κ3) is 2.07. The Balaban J connectivity index is 1.91. The first-order chi connectivity index (χ1) is 8.31. The fourth-order valence-corrected chi connectivity index (χ4v) is 2.27. The molecule has 0 fully saturated rings. The number of aromatic nitrogens is 2. The molecule has 3 aromatic rings. The molecule has 0 radical (unpaired) electrons. The van der Waals surface area contributed by atoms with Crippen LogP contribution in [0.2, 0.25) is 0 Å². The molecule has 0 bridgehead atoms. The van der Waals surface area contributed by atoms with Gasteiger partial charge < -0.3 is 10.7 Å². The second-order valence-electron chi connectivity index (χ2n) is 3.77. The van der Waals surface area contributed by atoms with Gasteiger partial charge in [0, 0.05) is 17.1 Å². The third-order valence-corrected chi connectivity index (χ3v) is 3.26. The number of anilines is 1. The normalized spacial score (nSPS) is 11.5. The number of nitrogens with one attached hydrogen (secondary N) is 1. The van der Waals surface area contributed by atoms with Gasteiger partial charge in [-0.15, -0.1) is 11.3 Å². The van der Waals surface area contributed by atoms with Crippen LogP contribution in [0.25, 0.3) is 23.1 Å². The van der Waals surface area contributed by atoms with Crippen molar-refractivity contribution in [1.29, 1.82) is 0 Å². The Hall–Kier alpha value is -2.07. The van der Waals surface area contributed by atoms with Gasteiger partial charge in [0.2, 0.25) is 0 Å². The van der Waals surface area contributed by atoms with Crippen LogP contribution in [0.4, 0.5) is 5.13 Å². The van der Waals surface area contributed by atoms with Crippen molar-refractivity contribution in [3.05, 3.63) is 47.1 Å². The minimum absolute atomic E-state index is 0.603. The molecule has 3 rings (SSSR count). The lowest BCUT2D eigenvalue weighted by Crippen LogP contribution is -1.81. The Kier molecular flexibility index (Phi) is 2.42. The van der Waals surface area contributed by atoms with Crippen LogP contribution in [0.1, 0.15) is 11.3 Å².